The Labute approximate surface area is 90.9 Å². The fraction of sp³-hybridized carbons (Fsp3) is 0.727. The van der Waals surface area contributed by atoms with Gasteiger partial charge in [-0.3, -0.25) is 0 Å². The number of hydrogen-bond acceptors (Lipinski definition) is 4. The van der Waals surface area contributed by atoms with Crippen molar-refractivity contribution in [2.45, 2.75) is 45.3 Å². The molecule has 0 rings (SSSR count). The van der Waals surface area contributed by atoms with Crippen molar-refractivity contribution < 1.29 is 19.4 Å². The number of esters is 1. The summed E-state index contributed by atoms with van der Waals surface area (Å²) in [5.41, 5.74) is -1.11. The highest BCUT2D eigenvalue weighted by molar-refractivity contribution is 5.79. The van der Waals surface area contributed by atoms with Gasteiger partial charge in [0.1, 0.15) is 0 Å². The van der Waals surface area contributed by atoms with E-state index in [0.29, 0.717) is 13.0 Å². The summed E-state index contributed by atoms with van der Waals surface area (Å²) in [5, 5.41) is 9.34. The van der Waals surface area contributed by atoms with Gasteiger partial charge in [-0.1, -0.05) is 13.5 Å². The van der Waals surface area contributed by atoms with Crippen LogP contribution < -0.4 is 0 Å². The van der Waals surface area contributed by atoms with Crippen molar-refractivity contribution in [3.8, 4) is 0 Å². The van der Waals surface area contributed by atoms with E-state index in [1.807, 2.05) is 6.92 Å². The van der Waals surface area contributed by atoms with Crippen molar-refractivity contribution in [2.24, 2.45) is 0 Å². The highest BCUT2D eigenvalue weighted by Crippen LogP contribution is 2.25. The van der Waals surface area contributed by atoms with Crippen molar-refractivity contribution >= 4 is 5.97 Å². The SMILES string of the molecule is C=COC(CC)(CC(C)O)C(=O)OCC. The molecule has 0 heterocycles. The van der Waals surface area contributed by atoms with Crippen LogP contribution in [0.25, 0.3) is 0 Å². The first kappa shape index (κ1) is 14.0. The third-order valence-corrected chi connectivity index (χ3v) is 2.15. The first-order valence-electron chi connectivity index (χ1n) is 5.16. The first-order valence-corrected chi connectivity index (χ1v) is 5.16. The summed E-state index contributed by atoms with van der Waals surface area (Å²) in [7, 11) is 0. The van der Waals surface area contributed by atoms with Gasteiger partial charge in [-0.25, -0.2) is 4.79 Å². The lowest BCUT2D eigenvalue weighted by Crippen LogP contribution is -2.43. The van der Waals surface area contributed by atoms with Crippen LogP contribution in [0.4, 0.5) is 0 Å². The summed E-state index contributed by atoms with van der Waals surface area (Å²) in [6.07, 6.45) is 1.22. The van der Waals surface area contributed by atoms with Gasteiger partial charge in [0.2, 0.25) is 5.60 Å². The van der Waals surface area contributed by atoms with E-state index in [2.05, 4.69) is 6.58 Å². The van der Waals surface area contributed by atoms with Gasteiger partial charge in [-0.15, -0.1) is 0 Å². The molecule has 0 aliphatic heterocycles. The standard InChI is InChI=1S/C11H20O4/c1-5-11(15-7-3,8-9(4)12)10(13)14-6-2/h7,9,12H,3,5-6,8H2,1-2,4H3. The molecule has 88 valence electrons. The molecular weight excluding hydrogens is 196 g/mol. The van der Waals surface area contributed by atoms with Crippen LogP contribution >= 0.6 is 0 Å². The Kier molecular flexibility index (Phi) is 6.01. The van der Waals surface area contributed by atoms with Crippen molar-refractivity contribution in [2.75, 3.05) is 6.61 Å². The van der Waals surface area contributed by atoms with Crippen molar-refractivity contribution in [3.63, 3.8) is 0 Å². The van der Waals surface area contributed by atoms with Gasteiger partial charge in [-0.2, -0.15) is 0 Å². The second-order valence-corrected chi connectivity index (χ2v) is 3.41. The number of rotatable bonds is 7. The van der Waals surface area contributed by atoms with Gasteiger partial charge < -0.3 is 14.6 Å². The van der Waals surface area contributed by atoms with Crippen LogP contribution in [0.5, 0.6) is 0 Å². The second-order valence-electron chi connectivity index (χ2n) is 3.41. The Hall–Kier alpha value is -1.03. The van der Waals surface area contributed by atoms with Crippen LogP contribution in [0, 0.1) is 0 Å². The number of ether oxygens (including phenoxy) is 2. The number of aliphatic hydroxyl groups excluding tert-OH is 1. The third-order valence-electron chi connectivity index (χ3n) is 2.15. The highest BCUT2D eigenvalue weighted by atomic mass is 16.6. The molecule has 0 spiro atoms. The van der Waals surface area contributed by atoms with E-state index < -0.39 is 17.7 Å². The monoisotopic (exact) mass is 216 g/mol. The number of carbonyl (C=O) groups excluding carboxylic acids is 1. The van der Waals surface area contributed by atoms with E-state index >= 15 is 0 Å². The zero-order valence-electron chi connectivity index (χ0n) is 9.66. The Balaban J connectivity index is 4.77. The summed E-state index contributed by atoms with van der Waals surface area (Å²) in [5.74, 6) is -0.451. The molecule has 0 aromatic heterocycles. The minimum absolute atomic E-state index is 0.203. The molecule has 0 fully saturated rings. The summed E-state index contributed by atoms with van der Waals surface area (Å²) in [6, 6.07) is 0. The van der Waals surface area contributed by atoms with Crippen LogP contribution in [0.15, 0.2) is 12.8 Å². The van der Waals surface area contributed by atoms with Crippen LogP contribution in [-0.2, 0) is 14.3 Å². The van der Waals surface area contributed by atoms with E-state index in [9.17, 15) is 9.90 Å². The Morgan fingerprint density at radius 2 is 2.20 bits per heavy atom. The molecule has 4 heteroatoms. The van der Waals surface area contributed by atoms with Gasteiger partial charge in [-0.05, 0) is 20.3 Å². The minimum atomic E-state index is -1.11. The van der Waals surface area contributed by atoms with E-state index in [-0.39, 0.29) is 6.42 Å². The summed E-state index contributed by atoms with van der Waals surface area (Å²) >= 11 is 0. The molecule has 0 bridgehead atoms. The predicted molar refractivity (Wildman–Crippen MR) is 57.2 cm³/mol. The molecular formula is C11H20O4. The number of aliphatic hydroxyl groups is 1. The topological polar surface area (TPSA) is 55.8 Å². The molecule has 4 nitrogen and oxygen atoms in total. The van der Waals surface area contributed by atoms with E-state index in [0.717, 1.165) is 0 Å². The number of carbonyl (C=O) groups is 1. The Bertz CT molecular complexity index is 213. The highest BCUT2D eigenvalue weighted by Gasteiger charge is 2.40. The first-order chi connectivity index (χ1) is 7.02. The van der Waals surface area contributed by atoms with Crippen LogP contribution in [0.2, 0.25) is 0 Å². The van der Waals surface area contributed by atoms with Gasteiger partial charge in [0.05, 0.1) is 19.0 Å². The lowest BCUT2D eigenvalue weighted by molar-refractivity contribution is -0.169. The van der Waals surface area contributed by atoms with Crippen molar-refractivity contribution in [1.29, 1.82) is 0 Å². The second kappa shape index (κ2) is 6.45. The molecule has 2 atom stereocenters. The lowest BCUT2D eigenvalue weighted by atomic mass is 9.93. The minimum Gasteiger partial charge on any atom is -0.484 e. The average molecular weight is 216 g/mol. The predicted octanol–water partition coefficient (Wildman–Crippen LogP) is 1.63. The molecule has 0 radical (unpaired) electrons. The van der Waals surface area contributed by atoms with Crippen LogP contribution in [0.3, 0.4) is 0 Å². The largest absolute Gasteiger partial charge is 0.484 e. The third kappa shape index (κ3) is 3.91. The average Bonchev–Trinajstić information content (AvgIpc) is 2.16. The summed E-state index contributed by atoms with van der Waals surface area (Å²) < 4.78 is 10.2. The van der Waals surface area contributed by atoms with Crippen molar-refractivity contribution in [1.82, 2.24) is 0 Å². The van der Waals surface area contributed by atoms with Gasteiger partial charge in [0, 0.05) is 6.42 Å². The molecule has 0 saturated heterocycles. The van der Waals surface area contributed by atoms with Gasteiger partial charge >= 0.3 is 5.97 Å². The van der Waals surface area contributed by atoms with Crippen LogP contribution in [0.1, 0.15) is 33.6 Å². The lowest BCUT2D eigenvalue weighted by Gasteiger charge is -2.30. The zero-order chi connectivity index (χ0) is 11.9. The molecule has 0 saturated carbocycles. The quantitative estimate of drug-likeness (QED) is 0.519. The summed E-state index contributed by atoms with van der Waals surface area (Å²) in [6.45, 7) is 8.87. The van der Waals surface area contributed by atoms with Crippen molar-refractivity contribution in [3.05, 3.63) is 12.8 Å². The van der Waals surface area contributed by atoms with E-state index in [1.54, 1.807) is 13.8 Å². The maximum Gasteiger partial charge on any atom is 0.350 e. The Morgan fingerprint density at radius 3 is 2.53 bits per heavy atom. The fourth-order valence-electron chi connectivity index (χ4n) is 1.45. The molecule has 2 unspecified atom stereocenters. The normalized spacial score (nSPS) is 16.3. The summed E-state index contributed by atoms with van der Waals surface area (Å²) in [4.78, 5) is 11.7. The van der Waals surface area contributed by atoms with Gasteiger partial charge in [0.15, 0.2) is 0 Å². The van der Waals surface area contributed by atoms with E-state index in [1.165, 1.54) is 6.26 Å². The maximum atomic E-state index is 11.7. The van der Waals surface area contributed by atoms with E-state index in [4.69, 9.17) is 9.47 Å². The Morgan fingerprint density at radius 1 is 1.60 bits per heavy atom. The molecule has 1 N–H and O–H groups in total. The molecule has 0 aromatic carbocycles. The number of hydrogen-bond donors (Lipinski definition) is 1. The maximum absolute atomic E-state index is 11.7. The molecule has 0 amide bonds. The zero-order valence-corrected chi connectivity index (χ0v) is 9.66. The molecule has 0 aromatic rings. The fourth-order valence-corrected chi connectivity index (χ4v) is 1.45. The smallest absolute Gasteiger partial charge is 0.350 e. The molecule has 15 heavy (non-hydrogen) atoms. The molecule has 0 aliphatic carbocycles. The molecule has 0 aliphatic rings. The van der Waals surface area contributed by atoms with Crippen LogP contribution in [-0.4, -0.2) is 29.4 Å². The van der Waals surface area contributed by atoms with Gasteiger partial charge in [0.25, 0.3) is 0 Å².